The van der Waals surface area contributed by atoms with E-state index in [9.17, 15) is 19.2 Å². The van der Waals surface area contributed by atoms with Crippen molar-refractivity contribution in [2.24, 2.45) is 0 Å². The van der Waals surface area contributed by atoms with Gasteiger partial charge in [0.25, 0.3) is 0 Å². The minimum absolute atomic E-state index is 0. The Labute approximate surface area is 649 Å². The number of halogens is 3. The molecule has 0 saturated heterocycles. The molecule has 0 N–H and O–H groups in total. The van der Waals surface area contributed by atoms with E-state index >= 15 is 0 Å². The van der Waals surface area contributed by atoms with E-state index in [1.807, 2.05) is 137 Å². The second-order valence-electron chi connectivity index (χ2n) is 20.4. The predicted octanol–water partition coefficient (Wildman–Crippen LogP) is 26.2. The largest absolute Gasteiger partial charge is 1.00 e. The third-order valence-electron chi connectivity index (χ3n) is 14.4. The Balaban J connectivity index is 0.000000109. The van der Waals surface area contributed by atoms with Crippen molar-refractivity contribution in [2.45, 2.75) is 25.7 Å². The molecule has 468 valence electrons. The van der Waals surface area contributed by atoms with E-state index < -0.39 is 0 Å². The van der Waals surface area contributed by atoms with Crippen LogP contribution >= 0.6 is 241 Å². The van der Waals surface area contributed by atoms with Crippen molar-refractivity contribution < 1.29 is 38.0 Å². The van der Waals surface area contributed by atoms with Crippen molar-refractivity contribution in [3.8, 4) is 0 Å². The molecule has 25 heteroatoms. The fourth-order valence-corrected chi connectivity index (χ4v) is 29.5. The summed E-state index contributed by atoms with van der Waals surface area (Å²) >= 11 is 40.4. The van der Waals surface area contributed by atoms with Gasteiger partial charge in [0.15, 0.2) is 25.1 Å². The molecular formula is C70H40Br3LiO4S17. The number of fused-ring (bicyclic) bond motifs is 11. The number of hydrogen-bond acceptors (Lipinski definition) is 21. The summed E-state index contributed by atoms with van der Waals surface area (Å²) in [6, 6.07) is 41.1. The van der Waals surface area contributed by atoms with E-state index in [1.165, 1.54) is 139 Å². The summed E-state index contributed by atoms with van der Waals surface area (Å²) in [5, 5.41) is 27.4. The summed E-state index contributed by atoms with van der Waals surface area (Å²) in [4.78, 5) is 54.8. The molecule has 17 aromatic heterocycles. The Kier molecular flexibility index (Phi) is 23.8. The number of carbonyl (C=O) groups is 4. The number of rotatable bonds is 12. The fraction of sp³-hybridized carbons (Fsp3) is 0.0571. The van der Waals surface area contributed by atoms with Crippen molar-refractivity contribution in [3.63, 3.8) is 0 Å². The van der Waals surface area contributed by atoms with Crippen molar-refractivity contribution in [1.29, 1.82) is 0 Å². The van der Waals surface area contributed by atoms with Gasteiger partial charge in [-0.2, -0.15) is 11.4 Å². The molecule has 0 amide bonds. The molecule has 19 rings (SSSR count). The summed E-state index contributed by atoms with van der Waals surface area (Å²) in [5.41, 5.74) is 1.60. The standard InChI is InChI=1S/C18H12O2S4.C18H8S4.C16H10Br2S4.C8H4O2S2.C6H4S2.C4H2BrS.Li/c19-9-11-1-3-21-15(11)5-13-7-17-18(23-13)8-14(24-17)6-16-12(10-20)2-4-22-16;1-3-19-13-7-15-11(5-9(1)13)17-18(21-15)12-6-10-2-4-20-14(10)8-16(12)22-17;17-11-1-3-19-13(11)5-9-7-15-16(21-9)8-10(22-15)6-14-12(18)2-4-20-14;9-3-5-1-7-8(11-5)2-6(4-10)12-7;1-3-7-6-2-4-8-5(1)6;5-4-1-2-6-3-4;/h1-4,7-10H,5-6H2;1-8H;1-4,7-8H,5-6H2;1-4H;1-4H;1-2H;/q;;;;;-1;+1. The van der Waals surface area contributed by atoms with Crippen LogP contribution in [0.3, 0.4) is 0 Å². The monoisotopic (exact) mass is 1730 g/mol. The van der Waals surface area contributed by atoms with Gasteiger partial charge in [-0.1, -0.05) is 20.4 Å². The molecule has 0 aliphatic heterocycles. The minimum atomic E-state index is 0. The molecule has 17 heterocycles. The summed E-state index contributed by atoms with van der Waals surface area (Å²) in [6.45, 7) is 0. The first-order valence-electron chi connectivity index (χ1n) is 28.1. The minimum Gasteiger partial charge on any atom is -0.303 e. The van der Waals surface area contributed by atoms with Gasteiger partial charge in [-0.25, -0.2) is 0 Å². The molecule has 4 nitrogen and oxygen atoms in total. The van der Waals surface area contributed by atoms with E-state index in [4.69, 9.17) is 0 Å². The molecule has 0 atom stereocenters. The van der Waals surface area contributed by atoms with E-state index in [0.29, 0.717) is 9.75 Å². The number of hydrogen-bond donors (Lipinski definition) is 0. The second-order valence-corrected chi connectivity index (χ2v) is 40.5. The van der Waals surface area contributed by atoms with E-state index in [-0.39, 0.29) is 18.9 Å². The van der Waals surface area contributed by atoms with Crippen molar-refractivity contribution >= 4 is 353 Å². The van der Waals surface area contributed by atoms with Crippen LogP contribution in [-0.4, -0.2) is 25.1 Å². The molecule has 0 unspecified atom stereocenters. The van der Waals surface area contributed by atoms with Crippen LogP contribution in [0.4, 0.5) is 0 Å². The smallest absolute Gasteiger partial charge is 0.303 e. The van der Waals surface area contributed by atoms with Gasteiger partial charge < -0.3 is 11.3 Å². The number of carbonyl (C=O) groups excluding carboxylic acids is 4. The van der Waals surface area contributed by atoms with Crippen LogP contribution in [0.1, 0.15) is 79.1 Å². The molecule has 2 aromatic carbocycles. The van der Waals surface area contributed by atoms with Gasteiger partial charge in [0, 0.05) is 152 Å². The summed E-state index contributed by atoms with van der Waals surface area (Å²) in [6.07, 6.45) is 7.26. The normalized spacial score (nSPS) is 11.1. The van der Waals surface area contributed by atoms with Gasteiger partial charge in [0.05, 0.1) is 19.2 Å². The van der Waals surface area contributed by atoms with Crippen molar-refractivity contribution in [2.75, 3.05) is 0 Å². The van der Waals surface area contributed by atoms with Gasteiger partial charge in [-0.15, -0.1) is 187 Å². The van der Waals surface area contributed by atoms with Crippen molar-refractivity contribution in [3.05, 3.63) is 242 Å². The summed E-state index contributed by atoms with van der Waals surface area (Å²) < 4.78 is 22.4. The van der Waals surface area contributed by atoms with Crippen LogP contribution in [0, 0.1) is 5.38 Å². The topological polar surface area (TPSA) is 68.3 Å². The summed E-state index contributed by atoms with van der Waals surface area (Å²) in [5.74, 6) is 0. The predicted molar refractivity (Wildman–Crippen MR) is 441 cm³/mol. The SMILES string of the molecule is Brc1[c-]scc1.Brc1ccsc1Cc1cc2sc(Cc3sccc3Br)cc2s1.O=Cc1cc2sc(C=O)cc2s1.O=Cc1ccsc1Cc1cc2sc(Cc3sccc3C=O)cc2s1.[Li+].c1cc2cc3c(cc2s1)sc1c2cc4ccsc4cc2sc31.c1cc2sccc2s1. The molecule has 19 aromatic rings. The third kappa shape index (κ3) is 16.4. The van der Waals surface area contributed by atoms with Gasteiger partial charge in [0.1, 0.15) is 0 Å². The van der Waals surface area contributed by atoms with E-state index in [2.05, 4.69) is 170 Å². The molecule has 95 heavy (non-hydrogen) atoms. The number of aldehydes is 4. The molecule has 0 radical (unpaired) electrons. The third-order valence-corrected chi connectivity index (χ3v) is 34.3. The zero-order valence-corrected chi connectivity index (χ0v) is 67.6. The maximum absolute atomic E-state index is 11.0. The van der Waals surface area contributed by atoms with Gasteiger partial charge >= 0.3 is 18.9 Å². The van der Waals surface area contributed by atoms with Crippen LogP contribution < -0.4 is 18.9 Å². The van der Waals surface area contributed by atoms with Crippen LogP contribution in [0.2, 0.25) is 0 Å². The second kappa shape index (κ2) is 32.4. The Bertz CT molecular complexity index is 5340. The Morgan fingerprint density at radius 2 is 0.684 bits per heavy atom. The zero-order valence-electron chi connectivity index (χ0n) is 49.0. The van der Waals surface area contributed by atoms with E-state index in [1.54, 1.807) is 79.4 Å². The van der Waals surface area contributed by atoms with Gasteiger partial charge in [0.2, 0.25) is 0 Å². The van der Waals surface area contributed by atoms with E-state index in [0.717, 1.165) is 85.6 Å². The Morgan fingerprint density at radius 3 is 1.04 bits per heavy atom. The molecule has 0 aliphatic carbocycles. The maximum atomic E-state index is 11.0. The molecule has 0 spiro atoms. The fourth-order valence-electron chi connectivity index (χ4n) is 10.0. The molecule has 0 saturated carbocycles. The van der Waals surface area contributed by atoms with Crippen LogP contribution in [0.5, 0.6) is 0 Å². The molecule has 0 fully saturated rings. The Morgan fingerprint density at radius 1 is 0.316 bits per heavy atom. The molecular weight excluding hydrogens is 1700 g/mol. The average Bonchev–Trinajstić information content (AvgIpc) is 1.58. The zero-order chi connectivity index (χ0) is 64.2. The quantitative estimate of drug-likeness (QED) is 0.0694. The number of thiophene rings is 17. The van der Waals surface area contributed by atoms with Gasteiger partial charge in [-0.3, -0.25) is 19.2 Å². The van der Waals surface area contributed by atoms with Gasteiger partial charge in [-0.05, 0) is 195 Å². The first-order valence-corrected chi connectivity index (χ1v) is 44.9. The molecule has 0 aliphatic rings. The van der Waals surface area contributed by atoms with Crippen LogP contribution in [0.25, 0.3) is 87.3 Å². The first kappa shape index (κ1) is 69.9. The first-order chi connectivity index (χ1) is 46.0. The van der Waals surface area contributed by atoms with Crippen LogP contribution in [-0.2, 0) is 25.7 Å². The summed E-state index contributed by atoms with van der Waals surface area (Å²) in [7, 11) is 0. The number of benzene rings is 2. The van der Waals surface area contributed by atoms with Crippen molar-refractivity contribution in [1.82, 2.24) is 0 Å². The maximum Gasteiger partial charge on any atom is 1.00 e. The Hall–Kier alpha value is -3.60. The average molecular weight is 1740 g/mol. The van der Waals surface area contributed by atoms with Crippen LogP contribution in [0.15, 0.2) is 177 Å². The molecule has 0 bridgehead atoms.